The predicted molar refractivity (Wildman–Crippen MR) is 74.1 cm³/mol. The number of nitrogens with zero attached hydrogens (tertiary/aromatic N) is 2. The number of amides is 1. The zero-order valence-electron chi connectivity index (χ0n) is 11.4. The second-order valence-electron chi connectivity index (χ2n) is 4.84. The van der Waals surface area contributed by atoms with Gasteiger partial charge in [0, 0.05) is 11.6 Å². The van der Waals surface area contributed by atoms with Crippen molar-refractivity contribution < 1.29 is 14.3 Å². The maximum atomic E-state index is 12.0. The molecule has 2 aromatic rings. The van der Waals surface area contributed by atoms with Gasteiger partial charge >= 0.3 is 5.97 Å². The fraction of sp³-hybridized carbons (Fsp3) is 0.286. The molecule has 1 amide bonds. The molecule has 1 aliphatic carbocycles. The Labute approximate surface area is 120 Å². The van der Waals surface area contributed by atoms with Gasteiger partial charge in [-0.25, -0.2) is 9.78 Å². The molecule has 0 radical (unpaired) electrons. The van der Waals surface area contributed by atoms with E-state index in [-0.39, 0.29) is 11.7 Å². The Morgan fingerprint density at radius 3 is 2.62 bits per heavy atom. The van der Waals surface area contributed by atoms with Gasteiger partial charge in [0.2, 0.25) is 5.82 Å². The number of anilines is 1. The molecule has 7 nitrogen and oxygen atoms in total. The summed E-state index contributed by atoms with van der Waals surface area (Å²) in [5.41, 5.74) is 0.981. The number of hydrogen-bond donors (Lipinski definition) is 2. The molecule has 1 fully saturated rings. The van der Waals surface area contributed by atoms with Crippen molar-refractivity contribution in [2.45, 2.75) is 18.8 Å². The molecular formula is C14H14N4O3. The van der Waals surface area contributed by atoms with Gasteiger partial charge in [-0.15, -0.1) is 5.10 Å². The van der Waals surface area contributed by atoms with E-state index in [0.29, 0.717) is 17.2 Å². The van der Waals surface area contributed by atoms with Crippen molar-refractivity contribution in [2.24, 2.45) is 0 Å². The van der Waals surface area contributed by atoms with Crippen LogP contribution in [-0.2, 0) is 4.74 Å². The largest absolute Gasteiger partial charge is 0.465 e. The lowest BCUT2D eigenvalue weighted by Gasteiger charge is -2.03. The van der Waals surface area contributed by atoms with Gasteiger partial charge in [0.15, 0.2) is 0 Å². The number of hydrogen-bond acceptors (Lipinski definition) is 5. The summed E-state index contributed by atoms with van der Waals surface area (Å²) in [6, 6.07) is 6.40. The Bertz CT molecular complexity index is 674. The van der Waals surface area contributed by atoms with Gasteiger partial charge in [-0.1, -0.05) is 0 Å². The highest BCUT2D eigenvalue weighted by Gasteiger charge is 2.28. The third-order valence-corrected chi connectivity index (χ3v) is 3.23. The summed E-state index contributed by atoms with van der Waals surface area (Å²) in [5.74, 6) is 0.494. The van der Waals surface area contributed by atoms with Crippen molar-refractivity contribution in [1.82, 2.24) is 15.2 Å². The fourth-order valence-corrected chi connectivity index (χ4v) is 1.91. The lowest BCUT2D eigenvalue weighted by molar-refractivity contribution is 0.0600. The molecule has 108 valence electrons. The quantitative estimate of drug-likeness (QED) is 0.834. The number of aromatic amines is 1. The number of carbonyl (C=O) groups excluding carboxylic acids is 2. The van der Waals surface area contributed by atoms with Gasteiger partial charge in [-0.3, -0.25) is 9.89 Å². The van der Waals surface area contributed by atoms with Crippen molar-refractivity contribution >= 4 is 17.6 Å². The number of methoxy groups -OCH3 is 1. The van der Waals surface area contributed by atoms with Gasteiger partial charge in [-0.2, -0.15) is 0 Å². The molecule has 0 saturated heterocycles. The van der Waals surface area contributed by atoms with Crippen molar-refractivity contribution in [2.75, 3.05) is 12.4 Å². The third kappa shape index (κ3) is 2.91. The Kier molecular flexibility index (Phi) is 3.39. The highest BCUT2D eigenvalue weighted by Crippen LogP contribution is 2.37. The summed E-state index contributed by atoms with van der Waals surface area (Å²) >= 11 is 0. The normalized spacial score (nSPS) is 13.8. The molecule has 0 bridgehead atoms. The number of ether oxygens (including phenoxy) is 1. The molecule has 1 aromatic carbocycles. The SMILES string of the molecule is COC(=O)c1ccc(NC(=O)c2n[nH]c(C3CC3)n2)cc1. The minimum absolute atomic E-state index is 0.119. The van der Waals surface area contributed by atoms with Crippen LogP contribution in [0.4, 0.5) is 5.69 Å². The average molecular weight is 286 g/mol. The van der Waals surface area contributed by atoms with E-state index >= 15 is 0 Å². The van der Waals surface area contributed by atoms with Crippen LogP contribution in [-0.4, -0.2) is 34.2 Å². The van der Waals surface area contributed by atoms with Gasteiger partial charge < -0.3 is 10.1 Å². The summed E-state index contributed by atoms with van der Waals surface area (Å²) < 4.78 is 4.61. The molecular weight excluding hydrogens is 272 g/mol. The minimum Gasteiger partial charge on any atom is -0.465 e. The summed E-state index contributed by atoms with van der Waals surface area (Å²) in [7, 11) is 1.32. The van der Waals surface area contributed by atoms with Crippen LogP contribution >= 0.6 is 0 Å². The van der Waals surface area contributed by atoms with E-state index < -0.39 is 5.97 Å². The van der Waals surface area contributed by atoms with Crippen LogP contribution in [0.2, 0.25) is 0 Å². The standard InChI is InChI=1S/C14H14N4O3/c1-21-14(20)9-4-6-10(7-5-9)15-13(19)12-16-11(17-18-12)8-2-3-8/h4-8H,2-3H2,1H3,(H,15,19)(H,16,17,18). The number of benzene rings is 1. The van der Waals surface area contributed by atoms with Crippen LogP contribution in [0.1, 0.15) is 45.6 Å². The summed E-state index contributed by atoms with van der Waals surface area (Å²) in [6.07, 6.45) is 2.18. The first-order valence-electron chi connectivity index (χ1n) is 6.59. The third-order valence-electron chi connectivity index (χ3n) is 3.23. The van der Waals surface area contributed by atoms with Crippen LogP contribution in [0.15, 0.2) is 24.3 Å². The molecule has 7 heteroatoms. The van der Waals surface area contributed by atoms with E-state index in [1.165, 1.54) is 7.11 Å². The first-order chi connectivity index (χ1) is 10.2. The number of aromatic nitrogens is 3. The summed E-state index contributed by atoms with van der Waals surface area (Å²) in [4.78, 5) is 27.5. The second kappa shape index (κ2) is 5.35. The molecule has 0 unspecified atom stereocenters. The molecule has 3 rings (SSSR count). The maximum absolute atomic E-state index is 12.0. The smallest absolute Gasteiger partial charge is 0.337 e. The predicted octanol–water partition coefficient (Wildman–Crippen LogP) is 1.72. The van der Waals surface area contributed by atoms with E-state index in [1.54, 1.807) is 24.3 Å². The van der Waals surface area contributed by atoms with Crippen LogP contribution < -0.4 is 5.32 Å². The van der Waals surface area contributed by atoms with Crippen molar-refractivity contribution in [3.05, 3.63) is 41.5 Å². The molecule has 1 aromatic heterocycles. The molecule has 1 aliphatic rings. The Morgan fingerprint density at radius 2 is 2.00 bits per heavy atom. The lowest BCUT2D eigenvalue weighted by atomic mass is 10.2. The topological polar surface area (TPSA) is 97.0 Å². The summed E-state index contributed by atoms with van der Waals surface area (Å²) in [5, 5.41) is 9.37. The van der Waals surface area contributed by atoms with E-state index in [2.05, 4.69) is 25.2 Å². The number of carbonyl (C=O) groups is 2. The van der Waals surface area contributed by atoms with Gasteiger partial charge in [-0.05, 0) is 37.1 Å². The highest BCUT2D eigenvalue weighted by molar-refractivity contribution is 6.01. The van der Waals surface area contributed by atoms with Gasteiger partial charge in [0.1, 0.15) is 5.82 Å². The number of esters is 1. The van der Waals surface area contributed by atoms with Crippen LogP contribution in [0.5, 0.6) is 0 Å². The molecule has 1 heterocycles. The number of H-pyrrole nitrogens is 1. The Morgan fingerprint density at radius 1 is 1.29 bits per heavy atom. The molecule has 0 spiro atoms. The zero-order chi connectivity index (χ0) is 14.8. The van der Waals surface area contributed by atoms with E-state index in [1.807, 2.05) is 0 Å². The van der Waals surface area contributed by atoms with Gasteiger partial charge in [0.25, 0.3) is 5.91 Å². The zero-order valence-corrected chi connectivity index (χ0v) is 11.4. The van der Waals surface area contributed by atoms with E-state index in [4.69, 9.17) is 0 Å². The Hall–Kier alpha value is -2.70. The first-order valence-corrected chi connectivity index (χ1v) is 6.59. The maximum Gasteiger partial charge on any atom is 0.337 e. The number of rotatable bonds is 4. The average Bonchev–Trinajstić information content (AvgIpc) is 3.24. The van der Waals surface area contributed by atoms with Crippen LogP contribution in [0, 0.1) is 0 Å². The number of nitrogens with one attached hydrogen (secondary N) is 2. The van der Waals surface area contributed by atoms with Crippen LogP contribution in [0.25, 0.3) is 0 Å². The molecule has 1 saturated carbocycles. The molecule has 0 atom stereocenters. The second-order valence-corrected chi connectivity index (χ2v) is 4.84. The lowest BCUT2D eigenvalue weighted by Crippen LogP contribution is -2.14. The van der Waals surface area contributed by atoms with E-state index in [0.717, 1.165) is 18.7 Å². The van der Waals surface area contributed by atoms with Crippen molar-refractivity contribution in [3.8, 4) is 0 Å². The highest BCUT2D eigenvalue weighted by atomic mass is 16.5. The van der Waals surface area contributed by atoms with E-state index in [9.17, 15) is 9.59 Å². The monoisotopic (exact) mass is 286 g/mol. The van der Waals surface area contributed by atoms with Gasteiger partial charge in [0.05, 0.1) is 12.7 Å². The Balaban J connectivity index is 1.67. The first kappa shape index (κ1) is 13.3. The fourth-order valence-electron chi connectivity index (χ4n) is 1.91. The minimum atomic E-state index is -0.420. The van der Waals surface area contributed by atoms with Crippen molar-refractivity contribution in [3.63, 3.8) is 0 Å². The molecule has 0 aliphatic heterocycles. The molecule has 2 N–H and O–H groups in total. The van der Waals surface area contributed by atoms with Crippen molar-refractivity contribution in [1.29, 1.82) is 0 Å². The molecule has 21 heavy (non-hydrogen) atoms. The van der Waals surface area contributed by atoms with Crippen LogP contribution in [0.3, 0.4) is 0 Å². The summed E-state index contributed by atoms with van der Waals surface area (Å²) in [6.45, 7) is 0.